The Kier molecular flexibility index (Phi) is 6.41. The lowest BCUT2D eigenvalue weighted by Gasteiger charge is -2.30. The number of nitrogens with zero attached hydrogens (tertiary/aromatic N) is 1. The molecule has 0 amide bonds. The highest BCUT2D eigenvalue weighted by molar-refractivity contribution is 14.1. The van der Waals surface area contributed by atoms with Crippen LogP contribution in [0.15, 0.2) is 0 Å². The average molecular weight is 333 g/mol. The smallest absolute Gasteiger partial charge is 0.311 e. The van der Waals surface area contributed by atoms with Crippen molar-refractivity contribution in [3.63, 3.8) is 0 Å². The molecule has 0 aliphatic heterocycles. The van der Waals surface area contributed by atoms with Gasteiger partial charge in [0.25, 0.3) is 21.5 Å². The van der Waals surface area contributed by atoms with E-state index in [1.165, 1.54) is 7.11 Å². The Labute approximate surface area is 99.2 Å². The molecule has 0 bridgehead atoms. The number of aliphatic hydroxyl groups excluding tert-OH is 1. The molecule has 2 N–H and O–H groups in total. The molecule has 90 valence electrons. The van der Waals surface area contributed by atoms with Crippen LogP contribution in [0, 0.1) is 5.92 Å². The molecule has 0 saturated heterocycles. The van der Waals surface area contributed by atoms with Gasteiger partial charge >= 0.3 is 5.97 Å². The van der Waals surface area contributed by atoms with Crippen LogP contribution in [0.1, 0.15) is 20.3 Å². The number of carbonyl (C=O) groups excluding carboxylic acids is 1. The molecular weight excluding hydrogens is 317 g/mol. The third kappa shape index (κ3) is 4.49. The minimum absolute atomic E-state index is 0.175. The molecule has 6 nitrogen and oxygen atoms in total. The van der Waals surface area contributed by atoms with Crippen molar-refractivity contribution in [1.82, 2.24) is 3.28 Å². The largest absolute Gasteiger partial charge is 0.469 e. The van der Waals surface area contributed by atoms with Crippen LogP contribution >= 0.6 is 21.5 Å². The summed E-state index contributed by atoms with van der Waals surface area (Å²) in [5.74, 6) is -1.25. The first-order chi connectivity index (χ1) is 6.88. The molecular formula is C8H16INO5. The summed E-state index contributed by atoms with van der Waals surface area (Å²) in [6.07, 6.45) is 0.175. The number of rotatable bonds is 6. The second kappa shape index (κ2) is 6.46. The van der Waals surface area contributed by atoms with Crippen LogP contribution in [0.25, 0.3) is 0 Å². The second-order valence-electron chi connectivity index (χ2n) is 3.75. The quantitative estimate of drug-likeness (QED) is 0.324. The van der Waals surface area contributed by atoms with Gasteiger partial charge in [-0.15, -0.1) is 0 Å². The van der Waals surface area contributed by atoms with Crippen molar-refractivity contribution in [2.24, 2.45) is 5.92 Å². The first kappa shape index (κ1) is 14.9. The van der Waals surface area contributed by atoms with Crippen molar-refractivity contribution in [1.29, 1.82) is 0 Å². The lowest BCUT2D eigenvalue weighted by molar-refractivity contribution is -0.149. The first-order valence-corrected chi connectivity index (χ1v) is 6.18. The summed E-state index contributed by atoms with van der Waals surface area (Å²) in [7, 11) is 1.23. The van der Waals surface area contributed by atoms with Gasteiger partial charge in [-0.2, -0.15) is 0 Å². The number of aliphatic hydroxyl groups is 1. The summed E-state index contributed by atoms with van der Waals surface area (Å²) in [5, 5.41) is 18.3. The van der Waals surface area contributed by atoms with Crippen LogP contribution in [0.5, 0.6) is 0 Å². The van der Waals surface area contributed by atoms with Crippen LogP contribution in [0.2, 0.25) is 0 Å². The minimum atomic E-state index is -1.70. The molecule has 1 unspecified atom stereocenters. The SMILES string of the molecule is COC(=O)C(CO)CC(C)(C)N(O)I=O. The highest BCUT2D eigenvalue weighted by atomic mass is 127. The van der Waals surface area contributed by atoms with Gasteiger partial charge in [0.2, 0.25) is 0 Å². The Balaban J connectivity index is 4.52. The zero-order valence-electron chi connectivity index (χ0n) is 8.94. The second-order valence-corrected chi connectivity index (χ2v) is 5.06. The summed E-state index contributed by atoms with van der Waals surface area (Å²) in [6.45, 7) is 2.91. The summed E-state index contributed by atoms with van der Waals surface area (Å²) >= 11 is -1.70. The molecule has 0 spiro atoms. The van der Waals surface area contributed by atoms with Crippen LogP contribution in [-0.4, -0.2) is 38.8 Å². The topological polar surface area (TPSA) is 87.1 Å². The molecule has 0 aromatic rings. The van der Waals surface area contributed by atoms with Crippen LogP contribution in [0.4, 0.5) is 0 Å². The van der Waals surface area contributed by atoms with E-state index in [0.29, 0.717) is 3.28 Å². The first-order valence-electron chi connectivity index (χ1n) is 4.34. The molecule has 0 aliphatic carbocycles. The highest BCUT2D eigenvalue weighted by Crippen LogP contribution is 2.27. The molecule has 0 fully saturated rings. The number of esters is 1. The Bertz CT molecular complexity index is 233. The molecule has 0 radical (unpaired) electrons. The third-order valence-corrected chi connectivity index (χ3v) is 3.74. The molecule has 0 heterocycles. The van der Waals surface area contributed by atoms with Gasteiger partial charge in [0.05, 0.1) is 25.2 Å². The fourth-order valence-corrected chi connectivity index (χ4v) is 1.89. The van der Waals surface area contributed by atoms with E-state index in [4.69, 9.17) is 5.11 Å². The molecule has 1 atom stereocenters. The van der Waals surface area contributed by atoms with Crippen LogP contribution in [-0.2, 0) is 12.6 Å². The number of hydrogen-bond donors (Lipinski definition) is 2. The van der Waals surface area contributed by atoms with E-state index in [0.717, 1.165) is 0 Å². The normalized spacial score (nSPS) is 14.0. The van der Waals surface area contributed by atoms with Crippen LogP contribution in [0.3, 0.4) is 0 Å². The van der Waals surface area contributed by atoms with Crippen molar-refractivity contribution < 1.29 is 22.9 Å². The van der Waals surface area contributed by atoms with Gasteiger partial charge in [-0.1, -0.05) is 3.28 Å². The van der Waals surface area contributed by atoms with Gasteiger partial charge in [0.15, 0.2) is 0 Å². The Hall–Kier alpha value is -0.120. The van der Waals surface area contributed by atoms with Gasteiger partial charge in [0.1, 0.15) is 0 Å². The standard InChI is InChI=1S/C8H16INO5/c1-8(2,10(14)9-13)4-6(5-11)7(12)15-3/h6,11,14H,4-5H2,1-3H3. The fraction of sp³-hybridized carbons (Fsp3) is 0.875. The van der Waals surface area contributed by atoms with Gasteiger partial charge in [-0.3, -0.25) is 4.79 Å². The summed E-state index contributed by atoms with van der Waals surface area (Å²) in [5.41, 5.74) is -0.823. The molecule has 7 heteroatoms. The zero-order chi connectivity index (χ0) is 12.1. The van der Waals surface area contributed by atoms with Gasteiger partial charge in [-0.25, -0.2) is 3.07 Å². The molecule has 0 aromatic heterocycles. The maximum atomic E-state index is 11.2. The van der Waals surface area contributed by atoms with Crippen molar-refractivity contribution in [2.75, 3.05) is 13.7 Å². The maximum Gasteiger partial charge on any atom is 0.311 e. The number of ether oxygens (including phenoxy) is 1. The van der Waals surface area contributed by atoms with E-state index in [9.17, 15) is 13.1 Å². The van der Waals surface area contributed by atoms with E-state index in [-0.39, 0.29) is 13.0 Å². The number of halogens is 1. The van der Waals surface area contributed by atoms with Crippen molar-refractivity contribution in [3.05, 3.63) is 0 Å². The maximum absolute atomic E-state index is 11.2. The van der Waals surface area contributed by atoms with E-state index < -0.39 is 38.9 Å². The average Bonchev–Trinajstić information content (AvgIpc) is 2.23. The number of hydroxylamine groups is 1. The highest BCUT2D eigenvalue weighted by Gasteiger charge is 2.33. The van der Waals surface area contributed by atoms with Gasteiger partial charge in [-0.05, 0) is 20.3 Å². The number of methoxy groups -OCH3 is 1. The fourth-order valence-electron chi connectivity index (χ4n) is 1.16. The monoisotopic (exact) mass is 333 g/mol. The van der Waals surface area contributed by atoms with Gasteiger partial charge < -0.3 is 15.1 Å². The van der Waals surface area contributed by atoms with Crippen molar-refractivity contribution >= 4 is 27.4 Å². The van der Waals surface area contributed by atoms with E-state index in [1.54, 1.807) is 13.8 Å². The predicted octanol–water partition coefficient (Wildman–Crippen LogP) is 0.859. The van der Waals surface area contributed by atoms with E-state index in [2.05, 4.69) is 4.74 Å². The Morgan fingerprint density at radius 2 is 2.13 bits per heavy atom. The Morgan fingerprint density at radius 1 is 1.60 bits per heavy atom. The zero-order valence-corrected chi connectivity index (χ0v) is 11.1. The lowest BCUT2D eigenvalue weighted by atomic mass is 9.92. The van der Waals surface area contributed by atoms with E-state index >= 15 is 0 Å². The molecule has 0 saturated carbocycles. The summed E-state index contributed by atoms with van der Waals surface area (Å²) < 4.78 is 15.8. The number of carbonyl (C=O) groups is 1. The van der Waals surface area contributed by atoms with Gasteiger partial charge in [0, 0.05) is 0 Å². The summed E-state index contributed by atoms with van der Waals surface area (Å²) in [6, 6.07) is 0. The Morgan fingerprint density at radius 3 is 2.47 bits per heavy atom. The molecule has 0 aromatic carbocycles. The third-order valence-electron chi connectivity index (χ3n) is 2.07. The molecule has 0 aliphatic rings. The molecule has 15 heavy (non-hydrogen) atoms. The molecule has 0 rings (SSSR count). The van der Waals surface area contributed by atoms with Crippen LogP contribution < -0.4 is 0 Å². The van der Waals surface area contributed by atoms with Crippen molar-refractivity contribution in [2.45, 2.75) is 25.8 Å². The minimum Gasteiger partial charge on any atom is -0.469 e. The van der Waals surface area contributed by atoms with E-state index in [1.807, 2.05) is 0 Å². The predicted molar refractivity (Wildman–Crippen MR) is 59.6 cm³/mol. The summed E-state index contributed by atoms with van der Waals surface area (Å²) in [4.78, 5) is 11.2. The lowest BCUT2D eigenvalue weighted by Crippen LogP contribution is -2.39. The van der Waals surface area contributed by atoms with Crippen molar-refractivity contribution in [3.8, 4) is 0 Å². The number of hydrogen-bond acceptors (Lipinski definition) is 5.